The number of rotatable bonds is 1. The van der Waals surface area contributed by atoms with Crippen LogP contribution in [0.4, 0.5) is 0 Å². The van der Waals surface area contributed by atoms with E-state index in [0.717, 1.165) is 11.1 Å². The maximum atomic E-state index is 11.0. The van der Waals surface area contributed by atoms with E-state index in [1.807, 2.05) is 13.8 Å². The van der Waals surface area contributed by atoms with Crippen molar-refractivity contribution in [2.45, 2.75) is 27.7 Å². The van der Waals surface area contributed by atoms with Gasteiger partial charge in [-0.1, -0.05) is 0 Å². The third kappa shape index (κ3) is 5.53. The van der Waals surface area contributed by atoms with Crippen molar-refractivity contribution < 1.29 is 30.5 Å². The molecule has 7 nitrogen and oxygen atoms in total. The Morgan fingerprint density at radius 3 is 1.47 bits per heavy atom. The van der Waals surface area contributed by atoms with Crippen molar-refractivity contribution in [1.82, 2.24) is 0 Å². The number of hydrogen-bond acceptors (Lipinski definition) is 4. The van der Waals surface area contributed by atoms with Gasteiger partial charge < -0.3 is 19.8 Å². The number of benzene rings is 1. The Labute approximate surface area is 117 Å². The zero-order valence-corrected chi connectivity index (χ0v) is 13.9. The van der Waals surface area contributed by atoms with E-state index >= 15 is 0 Å². The second-order valence-electron chi connectivity index (χ2n) is 3.89. The Hall–Kier alpha value is -0.540. The van der Waals surface area contributed by atoms with Gasteiger partial charge in [-0.3, -0.25) is 0 Å². The molecule has 0 amide bonds. The monoisotopic (exact) mass is 406 g/mol. The van der Waals surface area contributed by atoms with Crippen molar-refractivity contribution in [3.8, 4) is 5.75 Å². The molecular formula is C10H16IO7P. The van der Waals surface area contributed by atoms with E-state index in [2.05, 4.69) is 0 Å². The van der Waals surface area contributed by atoms with Crippen LogP contribution < -0.4 is 0 Å². The average Bonchev–Trinajstić information content (AvgIpc) is 2.21. The van der Waals surface area contributed by atoms with Crippen molar-refractivity contribution >= 4 is 27.6 Å². The van der Waals surface area contributed by atoms with Gasteiger partial charge in [0.1, 0.15) is 9.32 Å². The molecule has 4 N–H and O–H groups in total. The molecule has 1 aromatic rings. The Morgan fingerprint density at radius 2 is 1.16 bits per heavy atom. The standard InChI is InChI=1S/C10H13IO3.H3O4P/c1-5-6(2)8(4)10(12)9(7(5)3)11(13)14;1-5(2,3)4/h12H,1-4H3;(H3,1,2,3,4). The molecule has 9 heteroatoms. The zero-order chi connectivity index (χ0) is 15.5. The van der Waals surface area contributed by atoms with Crippen LogP contribution in [0.3, 0.4) is 0 Å². The Bertz CT molecular complexity index is 555. The molecule has 0 spiro atoms. The van der Waals surface area contributed by atoms with Crippen molar-refractivity contribution in [3.05, 3.63) is 25.8 Å². The van der Waals surface area contributed by atoms with Gasteiger partial charge in [0.05, 0.1) is 0 Å². The van der Waals surface area contributed by atoms with Gasteiger partial charge in [-0.15, -0.1) is 0 Å². The van der Waals surface area contributed by atoms with Crippen molar-refractivity contribution in [3.63, 3.8) is 0 Å². The highest BCUT2D eigenvalue weighted by Gasteiger charge is 2.17. The lowest BCUT2D eigenvalue weighted by Gasteiger charge is -2.12. The summed E-state index contributed by atoms with van der Waals surface area (Å²) in [6.45, 7) is 7.23. The number of phenols is 1. The molecule has 0 aliphatic rings. The van der Waals surface area contributed by atoms with Gasteiger partial charge in [0, 0.05) is 0 Å². The SMILES string of the molecule is Cc1c(C)c(C)c(I(=O)=O)c(O)c1C.O=P(O)(O)O. The van der Waals surface area contributed by atoms with Gasteiger partial charge in [0.2, 0.25) is 0 Å². The second-order valence-corrected chi connectivity index (χ2v) is 7.24. The summed E-state index contributed by atoms with van der Waals surface area (Å²) in [4.78, 5) is 21.6. The number of phenolic OH excluding ortho intramolecular Hbond substituents is 1. The van der Waals surface area contributed by atoms with Crippen LogP contribution in [0.15, 0.2) is 0 Å². The Balaban J connectivity index is 0.000000555. The molecule has 0 saturated carbocycles. The van der Waals surface area contributed by atoms with E-state index in [1.165, 1.54) is 0 Å². The normalized spacial score (nSPS) is 11.2. The molecule has 0 radical (unpaired) electrons. The lowest BCUT2D eigenvalue weighted by Crippen LogP contribution is -1.96. The maximum absolute atomic E-state index is 11.0. The number of phosphoric acid groups is 1. The van der Waals surface area contributed by atoms with Gasteiger partial charge in [0.15, 0.2) is 0 Å². The van der Waals surface area contributed by atoms with E-state index in [-0.39, 0.29) is 9.32 Å². The average molecular weight is 406 g/mol. The van der Waals surface area contributed by atoms with Crippen LogP contribution in [0.5, 0.6) is 5.75 Å². The summed E-state index contributed by atoms with van der Waals surface area (Å²) in [6.07, 6.45) is 0. The molecule has 0 saturated heterocycles. The highest BCUT2D eigenvalue weighted by atomic mass is 127. The molecule has 0 fully saturated rings. The fourth-order valence-corrected chi connectivity index (χ4v) is 3.32. The van der Waals surface area contributed by atoms with Gasteiger partial charge in [-0.25, -0.2) is 10.7 Å². The summed E-state index contributed by atoms with van der Waals surface area (Å²) in [5, 5.41) is 9.69. The minimum Gasteiger partial charge on any atom is -0.506 e. The maximum Gasteiger partial charge on any atom is 0.466 e. The summed E-state index contributed by atoms with van der Waals surface area (Å²) in [5.74, 6) is -0.0687. The van der Waals surface area contributed by atoms with Gasteiger partial charge in [0.25, 0.3) is 0 Å². The van der Waals surface area contributed by atoms with E-state index in [4.69, 9.17) is 19.2 Å². The largest absolute Gasteiger partial charge is 0.506 e. The molecule has 19 heavy (non-hydrogen) atoms. The molecule has 110 valence electrons. The van der Waals surface area contributed by atoms with E-state index in [1.54, 1.807) is 13.8 Å². The second kappa shape index (κ2) is 6.76. The number of hydrogen-bond donors (Lipinski definition) is 4. The predicted octanol–water partition coefficient (Wildman–Crippen LogP) is 2.06. The third-order valence-electron chi connectivity index (χ3n) is 2.73. The summed E-state index contributed by atoms with van der Waals surface area (Å²) < 4.78 is 31.1. The molecule has 0 bridgehead atoms. The highest BCUT2D eigenvalue weighted by molar-refractivity contribution is 14.2. The minimum atomic E-state index is -4.64. The topological polar surface area (TPSA) is 132 Å². The van der Waals surface area contributed by atoms with Crippen LogP contribution in [-0.4, -0.2) is 19.8 Å². The van der Waals surface area contributed by atoms with Crippen molar-refractivity contribution in [2.24, 2.45) is 0 Å². The van der Waals surface area contributed by atoms with E-state index in [9.17, 15) is 11.2 Å². The summed E-state index contributed by atoms with van der Waals surface area (Å²) >= 11 is -3.60. The van der Waals surface area contributed by atoms with Crippen LogP contribution in [0.2, 0.25) is 0 Å². The molecule has 0 heterocycles. The van der Waals surface area contributed by atoms with Gasteiger partial charge in [-0.05, 0) is 49.9 Å². The first-order valence-electron chi connectivity index (χ1n) is 5.00. The van der Waals surface area contributed by atoms with Gasteiger partial charge in [-0.2, -0.15) is 0 Å². The van der Waals surface area contributed by atoms with Crippen LogP contribution in [-0.2, 0) is 10.7 Å². The number of aromatic hydroxyl groups is 1. The predicted molar refractivity (Wildman–Crippen MR) is 75.4 cm³/mol. The summed E-state index contributed by atoms with van der Waals surface area (Å²) in [6, 6.07) is 0. The lowest BCUT2D eigenvalue weighted by molar-refractivity contribution is 0.275. The van der Waals surface area contributed by atoms with Crippen molar-refractivity contribution in [2.75, 3.05) is 0 Å². The smallest absolute Gasteiger partial charge is 0.466 e. The first kappa shape index (κ1) is 18.5. The molecule has 1 rings (SSSR count). The fourth-order valence-electron chi connectivity index (χ4n) is 1.44. The number of halogens is 1. The molecule has 0 aromatic heterocycles. The fraction of sp³-hybridized carbons (Fsp3) is 0.400. The Kier molecular flexibility index (Phi) is 6.56. The highest BCUT2D eigenvalue weighted by Crippen LogP contribution is 2.37. The van der Waals surface area contributed by atoms with Crippen LogP contribution in [0, 0.1) is 31.3 Å². The van der Waals surface area contributed by atoms with Crippen LogP contribution in [0.25, 0.3) is 0 Å². The third-order valence-corrected chi connectivity index (χ3v) is 4.93. The Morgan fingerprint density at radius 1 is 0.842 bits per heavy atom. The lowest BCUT2D eigenvalue weighted by atomic mass is 9.99. The quantitative estimate of drug-likeness (QED) is 0.415. The van der Waals surface area contributed by atoms with Gasteiger partial charge >= 0.3 is 27.6 Å². The zero-order valence-electron chi connectivity index (χ0n) is 10.8. The van der Waals surface area contributed by atoms with Crippen LogP contribution in [0.1, 0.15) is 22.3 Å². The first-order chi connectivity index (χ1) is 8.37. The summed E-state index contributed by atoms with van der Waals surface area (Å²) in [5.41, 5.74) is 3.25. The van der Waals surface area contributed by atoms with E-state index in [0.29, 0.717) is 11.1 Å². The van der Waals surface area contributed by atoms with Crippen molar-refractivity contribution in [1.29, 1.82) is 0 Å². The molecule has 0 unspecified atom stereocenters. The molecular weight excluding hydrogens is 390 g/mol. The molecule has 0 aliphatic heterocycles. The first-order valence-corrected chi connectivity index (χ1v) is 9.41. The van der Waals surface area contributed by atoms with Crippen LogP contribution >= 0.6 is 27.6 Å². The molecule has 1 aromatic carbocycles. The minimum absolute atomic E-state index is 0.0687. The summed E-state index contributed by atoms with van der Waals surface area (Å²) in [7, 11) is -4.64. The molecule has 0 atom stereocenters. The van der Waals surface area contributed by atoms with E-state index < -0.39 is 27.6 Å². The molecule has 0 aliphatic carbocycles.